The van der Waals surface area contributed by atoms with Gasteiger partial charge in [0.15, 0.2) is 0 Å². The van der Waals surface area contributed by atoms with Gasteiger partial charge in [0.2, 0.25) is 0 Å². The van der Waals surface area contributed by atoms with Crippen LogP contribution in [0.2, 0.25) is 0 Å². The quantitative estimate of drug-likeness (QED) is 0.578. The van der Waals surface area contributed by atoms with Gasteiger partial charge in [0, 0.05) is 21.9 Å². The van der Waals surface area contributed by atoms with Crippen LogP contribution in [0.15, 0.2) is 53.1 Å². The Hall–Kier alpha value is -2.86. The summed E-state index contributed by atoms with van der Waals surface area (Å²) in [7, 11) is 1.58. The summed E-state index contributed by atoms with van der Waals surface area (Å²) in [5, 5.41) is 2.90. The first kappa shape index (κ1) is 18.9. The standard InChI is InChI=1S/C21H20BrN3O2/c1-12-10-19(24-11-16(12)22)21(26)25-18-9-5-7-15(20(18)27-3)14-6-4-8-17(23)13(14)2/h4-11H,23H2,1-3H3,(H,25,26). The molecule has 0 aliphatic heterocycles. The van der Waals surface area contributed by atoms with Crippen molar-refractivity contribution in [3.8, 4) is 16.9 Å². The highest BCUT2D eigenvalue weighted by molar-refractivity contribution is 9.10. The molecule has 3 N–H and O–H groups in total. The van der Waals surface area contributed by atoms with E-state index in [1.165, 1.54) is 0 Å². The van der Waals surface area contributed by atoms with Crippen LogP contribution >= 0.6 is 15.9 Å². The lowest BCUT2D eigenvalue weighted by Gasteiger charge is -2.16. The summed E-state index contributed by atoms with van der Waals surface area (Å²) in [6.45, 7) is 3.87. The molecule has 27 heavy (non-hydrogen) atoms. The summed E-state index contributed by atoms with van der Waals surface area (Å²) >= 11 is 3.39. The van der Waals surface area contributed by atoms with Gasteiger partial charge in [0.1, 0.15) is 11.4 Å². The third-order valence-corrected chi connectivity index (χ3v) is 5.24. The number of benzene rings is 2. The molecule has 0 fully saturated rings. The lowest BCUT2D eigenvalue weighted by atomic mass is 9.98. The van der Waals surface area contributed by atoms with Crippen molar-refractivity contribution in [2.24, 2.45) is 0 Å². The van der Waals surface area contributed by atoms with Gasteiger partial charge in [-0.15, -0.1) is 0 Å². The summed E-state index contributed by atoms with van der Waals surface area (Å²) in [4.78, 5) is 16.8. The van der Waals surface area contributed by atoms with Crippen molar-refractivity contribution in [3.63, 3.8) is 0 Å². The van der Waals surface area contributed by atoms with Crippen LogP contribution in [0.25, 0.3) is 11.1 Å². The molecule has 0 saturated heterocycles. The van der Waals surface area contributed by atoms with Gasteiger partial charge in [-0.3, -0.25) is 4.79 Å². The Morgan fingerprint density at radius 3 is 2.56 bits per heavy atom. The lowest BCUT2D eigenvalue weighted by Crippen LogP contribution is -2.14. The van der Waals surface area contributed by atoms with Gasteiger partial charge in [0.25, 0.3) is 5.91 Å². The molecular formula is C21H20BrN3O2. The summed E-state index contributed by atoms with van der Waals surface area (Å²) in [6.07, 6.45) is 1.62. The van der Waals surface area contributed by atoms with Crippen LogP contribution in [-0.4, -0.2) is 18.0 Å². The second-order valence-electron chi connectivity index (χ2n) is 6.18. The molecular weight excluding hydrogens is 406 g/mol. The molecule has 0 radical (unpaired) electrons. The topological polar surface area (TPSA) is 77.2 Å². The van der Waals surface area contributed by atoms with E-state index in [2.05, 4.69) is 26.2 Å². The van der Waals surface area contributed by atoms with Gasteiger partial charge in [-0.1, -0.05) is 24.3 Å². The van der Waals surface area contributed by atoms with E-state index in [0.717, 1.165) is 26.7 Å². The number of nitrogens with zero attached hydrogens (tertiary/aromatic N) is 1. The second-order valence-corrected chi connectivity index (χ2v) is 7.03. The number of amides is 1. The molecule has 6 heteroatoms. The SMILES string of the molecule is COc1c(NC(=O)c2cc(C)c(Br)cn2)cccc1-c1cccc(N)c1C. The van der Waals surface area contributed by atoms with Crippen LogP contribution in [0.3, 0.4) is 0 Å². The number of halogens is 1. The van der Waals surface area contributed by atoms with E-state index in [0.29, 0.717) is 22.8 Å². The molecule has 0 unspecified atom stereocenters. The molecule has 3 aromatic rings. The zero-order valence-corrected chi connectivity index (χ0v) is 16.9. The molecule has 138 valence electrons. The molecule has 0 bridgehead atoms. The van der Waals surface area contributed by atoms with E-state index in [4.69, 9.17) is 10.5 Å². The molecule has 3 rings (SSSR count). The average molecular weight is 426 g/mol. The van der Waals surface area contributed by atoms with Gasteiger partial charge < -0.3 is 15.8 Å². The number of hydrogen-bond donors (Lipinski definition) is 2. The minimum Gasteiger partial charge on any atom is -0.494 e. The lowest BCUT2D eigenvalue weighted by molar-refractivity contribution is 0.102. The Labute approximate surface area is 166 Å². The number of pyridine rings is 1. The molecule has 0 atom stereocenters. The molecule has 1 heterocycles. The minimum absolute atomic E-state index is 0.301. The van der Waals surface area contributed by atoms with E-state index in [1.54, 1.807) is 25.4 Å². The van der Waals surface area contributed by atoms with E-state index in [9.17, 15) is 4.79 Å². The predicted molar refractivity (Wildman–Crippen MR) is 112 cm³/mol. The number of anilines is 2. The number of carbonyl (C=O) groups excluding carboxylic acids is 1. The van der Waals surface area contributed by atoms with Crippen LogP contribution in [0.1, 0.15) is 21.6 Å². The van der Waals surface area contributed by atoms with Crippen molar-refractivity contribution >= 4 is 33.2 Å². The van der Waals surface area contributed by atoms with Crippen LogP contribution in [0.4, 0.5) is 11.4 Å². The van der Waals surface area contributed by atoms with Crippen LogP contribution in [0, 0.1) is 13.8 Å². The van der Waals surface area contributed by atoms with Gasteiger partial charge in [-0.2, -0.15) is 0 Å². The van der Waals surface area contributed by atoms with Crippen LogP contribution in [0.5, 0.6) is 5.75 Å². The number of nitrogens with one attached hydrogen (secondary N) is 1. The van der Waals surface area contributed by atoms with Crippen LogP contribution in [-0.2, 0) is 0 Å². The monoisotopic (exact) mass is 425 g/mol. The van der Waals surface area contributed by atoms with Crippen molar-refractivity contribution in [2.75, 3.05) is 18.2 Å². The summed E-state index contributed by atoms with van der Waals surface area (Å²) in [6, 6.07) is 13.1. The van der Waals surface area contributed by atoms with E-state index in [1.807, 2.05) is 44.2 Å². The predicted octanol–water partition coefficient (Wildman–Crippen LogP) is 4.97. The highest BCUT2D eigenvalue weighted by Crippen LogP contribution is 2.39. The highest BCUT2D eigenvalue weighted by Gasteiger charge is 2.17. The summed E-state index contributed by atoms with van der Waals surface area (Å²) in [5.74, 6) is 0.277. The molecule has 0 aliphatic carbocycles. The maximum Gasteiger partial charge on any atom is 0.274 e. The molecule has 1 aromatic heterocycles. The number of aromatic nitrogens is 1. The number of nitrogens with two attached hydrogens (primary N) is 1. The summed E-state index contributed by atoms with van der Waals surface area (Å²) in [5.41, 5.74) is 11.4. The maximum absolute atomic E-state index is 12.7. The number of nitrogen functional groups attached to an aromatic ring is 1. The number of rotatable bonds is 4. The Morgan fingerprint density at radius 1 is 1.15 bits per heavy atom. The van der Waals surface area contributed by atoms with E-state index in [-0.39, 0.29) is 5.91 Å². The number of para-hydroxylation sites is 1. The van der Waals surface area contributed by atoms with Gasteiger partial charge >= 0.3 is 0 Å². The average Bonchev–Trinajstić information content (AvgIpc) is 2.66. The largest absolute Gasteiger partial charge is 0.494 e. The minimum atomic E-state index is -0.301. The third-order valence-electron chi connectivity index (χ3n) is 4.41. The molecule has 5 nitrogen and oxygen atoms in total. The smallest absolute Gasteiger partial charge is 0.274 e. The van der Waals surface area contributed by atoms with E-state index < -0.39 is 0 Å². The molecule has 0 aliphatic rings. The van der Waals surface area contributed by atoms with Crippen molar-refractivity contribution < 1.29 is 9.53 Å². The van der Waals surface area contributed by atoms with E-state index >= 15 is 0 Å². The van der Waals surface area contributed by atoms with Crippen molar-refractivity contribution in [2.45, 2.75) is 13.8 Å². The van der Waals surface area contributed by atoms with Gasteiger partial charge in [-0.05, 0) is 64.7 Å². The second kappa shape index (κ2) is 7.80. The fourth-order valence-electron chi connectivity index (χ4n) is 2.86. The fourth-order valence-corrected chi connectivity index (χ4v) is 3.08. The highest BCUT2D eigenvalue weighted by atomic mass is 79.9. The number of carbonyl (C=O) groups is 1. The Kier molecular flexibility index (Phi) is 5.46. The van der Waals surface area contributed by atoms with Crippen molar-refractivity contribution in [3.05, 3.63) is 70.0 Å². The Bertz CT molecular complexity index is 1020. The molecule has 2 aromatic carbocycles. The van der Waals surface area contributed by atoms with Crippen molar-refractivity contribution in [1.82, 2.24) is 4.98 Å². The first-order valence-corrected chi connectivity index (χ1v) is 9.17. The zero-order valence-electron chi connectivity index (χ0n) is 15.3. The number of aryl methyl sites for hydroxylation is 1. The molecule has 0 saturated carbocycles. The van der Waals surface area contributed by atoms with Crippen LogP contribution < -0.4 is 15.8 Å². The van der Waals surface area contributed by atoms with Gasteiger partial charge in [0.05, 0.1) is 12.8 Å². The number of ether oxygens (including phenoxy) is 1. The van der Waals surface area contributed by atoms with Gasteiger partial charge in [-0.25, -0.2) is 4.98 Å². The third kappa shape index (κ3) is 3.80. The Balaban J connectivity index is 2.00. The number of methoxy groups -OCH3 is 1. The maximum atomic E-state index is 12.7. The molecule has 0 spiro atoms. The fraction of sp³-hybridized carbons (Fsp3) is 0.143. The molecule has 1 amide bonds. The number of hydrogen-bond acceptors (Lipinski definition) is 4. The van der Waals surface area contributed by atoms with Crippen molar-refractivity contribution in [1.29, 1.82) is 0 Å². The first-order chi connectivity index (χ1) is 12.9. The normalized spacial score (nSPS) is 10.5. The summed E-state index contributed by atoms with van der Waals surface area (Å²) < 4.78 is 6.48. The Morgan fingerprint density at radius 2 is 1.85 bits per heavy atom. The zero-order chi connectivity index (χ0) is 19.6. The first-order valence-electron chi connectivity index (χ1n) is 8.38.